The van der Waals surface area contributed by atoms with Gasteiger partial charge in [0.05, 0.1) is 5.75 Å². The van der Waals surface area contributed by atoms with Crippen LogP contribution in [0.2, 0.25) is 0 Å². The number of hydrogen-bond donors (Lipinski definition) is 2. The molecule has 0 fully saturated rings. The molecule has 5 heteroatoms. The molecule has 0 aliphatic heterocycles. The monoisotopic (exact) mass is 280 g/mol. The molecule has 0 aliphatic carbocycles. The highest BCUT2D eigenvalue weighted by Gasteiger charge is 2.13. The Morgan fingerprint density at radius 1 is 1.16 bits per heavy atom. The highest BCUT2D eigenvalue weighted by Crippen LogP contribution is 2.20. The molecule has 0 aromatic heterocycles. The summed E-state index contributed by atoms with van der Waals surface area (Å²) < 4.78 is 0. The molecular formula is C14H20N2O2S. The Labute approximate surface area is 118 Å². The number of thioether (sulfide) groups is 1. The van der Waals surface area contributed by atoms with Gasteiger partial charge in [0, 0.05) is 23.0 Å². The average molecular weight is 280 g/mol. The van der Waals surface area contributed by atoms with Crippen LogP contribution >= 0.6 is 11.8 Å². The maximum absolute atomic E-state index is 11.7. The Bertz CT molecular complexity index is 450. The number of nitrogens with one attached hydrogen (secondary N) is 2. The molecule has 4 nitrogen and oxygen atoms in total. The van der Waals surface area contributed by atoms with Crippen LogP contribution in [0.25, 0.3) is 0 Å². The summed E-state index contributed by atoms with van der Waals surface area (Å²) in [6.45, 7) is 7.34. The molecule has 2 amide bonds. The van der Waals surface area contributed by atoms with Gasteiger partial charge < -0.3 is 10.6 Å². The molecule has 104 valence electrons. The van der Waals surface area contributed by atoms with Crippen molar-refractivity contribution >= 4 is 29.3 Å². The summed E-state index contributed by atoms with van der Waals surface area (Å²) in [5.74, 6) is 0.310. The third kappa shape index (κ3) is 6.86. The lowest BCUT2D eigenvalue weighted by Crippen LogP contribution is -2.41. The fourth-order valence-corrected chi connectivity index (χ4v) is 2.14. The molecule has 0 saturated heterocycles. The lowest BCUT2D eigenvalue weighted by Gasteiger charge is -2.20. The molecule has 1 aromatic rings. The van der Waals surface area contributed by atoms with Gasteiger partial charge in [-0.3, -0.25) is 9.59 Å². The van der Waals surface area contributed by atoms with Gasteiger partial charge in [0.25, 0.3) is 0 Å². The summed E-state index contributed by atoms with van der Waals surface area (Å²) in [7, 11) is 0. The van der Waals surface area contributed by atoms with Gasteiger partial charge in [0.1, 0.15) is 0 Å². The van der Waals surface area contributed by atoms with E-state index in [0.717, 1.165) is 10.6 Å². The Morgan fingerprint density at radius 3 is 2.21 bits per heavy atom. The Morgan fingerprint density at radius 2 is 1.74 bits per heavy atom. The molecule has 2 N–H and O–H groups in total. The minimum Gasteiger partial charge on any atom is -0.351 e. The van der Waals surface area contributed by atoms with Crippen molar-refractivity contribution < 1.29 is 9.59 Å². The van der Waals surface area contributed by atoms with Crippen molar-refractivity contribution in [2.24, 2.45) is 0 Å². The van der Waals surface area contributed by atoms with Crippen LogP contribution in [0.5, 0.6) is 0 Å². The quantitative estimate of drug-likeness (QED) is 0.834. The topological polar surface area (TPSA) is 58.2 Å². The number of hydrogen-bond acceptors (Lipinski definition) is 3. The van der Waals surface area contributed by atoms with E-state index in [-0.39, 0.29) is 17.4 Å². The maximum Gasteiger partial charge on any atom is 0.230 e. The van der Waals surface area contributed by atoms with E-state index in [2.05, 4.69) is 10.6 Å². The van der Waals surface area contributed by atoms with Gasteiger partial charge in [-0.15, -0.1) is 11.8 Å². The van der Waals surface area contributed by atoms with Crippen LogP contribution in [0.15, 0.2) is 29.2 Å². The zero-order valence-corrected chi connectivity index (χ0v) is 12.6. The van der Waals surface area contributed by atoms with Crippen molar-refractivity contribution in [3.8, 4) is 0 Å². The van der Waals surface area contributed by atoms with Gasteiger partial charge in [-0.25, -0.2) is 0 Å². The first kappa shape index (κ1) is 15.6. The minimum absolute atomic E-state index is 0.0171. The van der Waals surface area contributed by atoms with Gasteiger partial charge in [-0.1, -0.05) is 0 Å². The molecule has 0 aliphatic rings. The molecule has 0 unspecified atom stereocenters. The SMILES string of the molecule is CC(=O)Nc1ccc(SCC(=O)NC(C)(C)C)cc1. The summed E-state index contributed by atoms with van der Waals surface area (Å²) in [6, 6.07) is 7.43. The molecule has 0 bridgehead atoms. The van der Waals surface area contributed by atoms with Crippen molar-refractivity contribution in [3.05, 3.63) is 24.3 Å². The van der Waals surface area contributed by atoms with Crippen molar-refractivity contribution in [1.29, 1.82) is 0 Å². The molecule has 1 rings (SSSR count). The third-order valence-corrected chi connectivity index (χ3v) is 3.07. The zero-order chi connectivity index (χ0) is 14.5. The lowest BCUT2D eigenvalue weighted by molar-refractivity contribution is -0.120. The van der Waals surface area contributed by atoms with E-state index >= 15 is 0 Å². The van der Waals surface area contributed by atoms with E-state index < -0.39 is 0 Å². The first-order valence-electron chi connectivity index (χ1n) is 6.08. The number of rotatable bonds is 4. The predicted octanol–water partition coefficient (Wildman–Crippen LogP) is 2.65. The van der Waals surface area contributed by atoms with E-state index in [1.165, 1.54) is 18.7 Å². The van der Waals surface area contributed by atoms with E-state index in [1.54, 1.807) is 0 Å². The fourth-order valence-electron chi connectivity index (χ4n) is 1.44. The van der Waals surface area contributed by atoms with Crippen LogP contribution in [-0.2, 0) is 9.59 Å². The molecule has 0 heterocycles. The van der Waals surface area contributed by atoms with Crippen molar-refractivity contribution in [2.45, 2.75) is 38.1 Å². The first-order chi connectivity index (χ1) is 8.76. The second kappa shape index (κ2) is 6.61. The maximum atomic E-state index is 11.7. The van der Waals surface area contributed by atoms with Gasteiger partial charge in [0.15, 0.2) is 0 Å². The van der Waals surface area contributed by atoms with Crippen LogP contribution in [0, 0.1) is 0 Å². The second-order valence-electron chi connectivity index (χ2n) is 5.29. The molecule has 19 heavy (non-hydrogen) atoms. The number of amides is 2. The Kier molecular flexibility index (Phi) is 5.42. The molecule has 0 radical (unpaired) electrons. The summed E-state index contributed by atoms with van der Waals surface area (Å²) >= 11 is 1.47. The van der Waals surface area contributed by atoms with Crippen molar-refractivity contribution in [2.75, 3.05) is 11.1 Å². The predicted molar refractivity (Wildman–Crippen MR) is 79.4 cm³/mol. The van der Waals surface area contributed by atoms with Gasteiger partial charge in [0.2, 0.25) is 11.8 Å². The van der Waals surface area contributed by atoms with E-state index in [9.17, 15) is 9.59 Å². The third-order valence-electron chi connectivity index (χ3n) is 2.06. The number of anilines is 1. The number of carbonyl (C=O) groups is 2. The smallest absolute Gasteiger partial charge is 0.230 e. The lowest BCUT2D eigenvalue weighted by atomic mass is 10.1. The van der Waals surface area contributed by atoms with Crippen molar-refractivity contribution in [3.63, 3.8) is 0 Å². The van der Waals surface area contributed by atoms with Crippen LogP contribution in [-0.4, -0.2) is 23.1 Å². The number of benzene rings is 1. The minimum atomic E-state index is -0.201. The van der Waals surface area contributed by atoms with Crippen LogP contribution in [0.4, 0.5) is 5.69 Å². The van der Waals surface area contributed by atoms with E-state index in [4.69, 9.17) is 0 Å². The van der Waals surface area contributed by atoms with E-state index in [1.807, 2.05) is 45.0 Å². The van der Waals surface area contributed by atoms with Gasteiger partial charge >= 0.3 is 0 Å². The molecule has 1 aromatic carbocycles. The fraction of sp³-hybridized carbons (Fsp3) is 0.429. The summed E-state index contributed by atoms with van der Waals surface area (Å²) in [5, 5.41) is 5.61. The standard InChI is InChI=1S/C14H20N2O2S/c1-10(17)15-11-5-7-12(8-6-11)19-9-13(18)16-14(2,3)4/h5-8H,9H2,1-4H3,(H,15,17)(H,16,18). The van der Waals surface area contributed by atoms with Crippen molar-refractivity contribution in [1.82, 2.24) is 5.32 Å². The second-order valence-corrected chi connectivity index (χ2v) is 6.34. The van der Waals surface area contributed by atoms with Gasteiger partial charge in [-0.2, -0.15) is 0 Å². The van der Waals surface area contributed by atoms with Crippen LogP contribution in [0.3, 0.4) is 0 Å². The average Bonchev–Trinajstić information content (AvgIpc) is 2.25. The van der Waals surface area contributed by atoms with Gasteiger partial charge in [-0.05, 0) is 45.0 Å². The Hall–Kier alpha value is -1.49. The van der Waals surface area contributed by atoms with E-state index in [0.29, 0.717) is 5.75 Å². The highest BCUT2D eigenvalue weighted by atomic mass is 32.2. The highest BCUT2D eigenvalue weighted by molar-refractivity contribution is 8.00. The summed E-state index contributed by atoms with van der Waals surface area (Å²) in [6.07, 6.45) is 0. The molecule has 0 spiro atoms. The zero-order valence-electron chi connectivity index (χ0n) is 11.7. The van der Waals surface area contributed by atoms with Crippen LogP contribution in [0.1, 0.15) is 27.7 Å². The summed E-state index contributed by atoms with van der Waals surface area (Å²) in [4.78, 5) is 23.5. The normalized spacial score (nSPS) is 10.9. The molecular weight excluding hydrogens is 260 g/mol. The van der Waals surface area contributed by atoms with Crippen LogP contribution < -0.4 is 10.6 Å². The molecule has 0 saturated carbocycles. The largest absolute Gasteiger partial charge is 0.351 e. The molecule has 0 atom stereocenters. The Balaban J connectivity index is 2.46. The first-order valence-corrected chi connectivity index (χ1v) is 7.06. The summed E-state index contributed by atoms with van der Waals surface area (Å²) in [5.41, 5.74) is 0.559. The number of carbonyl (C=O) groups excluding carboxylic acids is 2.